The lowest BCUT2D eigenvalue weighted by molar-refractivity contribution is 0.147. The van der Waals surface area contributed by atoms with Crippen LogP contribution in [0.3, 0.4) is 0 Å². The predicted octanol–water partition coefficient (Wildman–Crippen LogP) is 3.37. The van der Waals surface area contributed by atoms with E-state index in [-0.39, 0.29) is 0 Å². The number of hydrogen-bond donors (Lipinski definition) is 0. The van der Waals surface area contributed by atoms with Crippen LogP contribution in [-0.4, -0.2) is 18.5 Å². The van der Waals surface area contributed by atoms with Crippen molar-refractivity contribution in [1.82, 2.24) is 0 Å². The van der Waals surface area contributed by atoms with Gasteiger partial charge in [-0.1, -0.05) is 41.6 Å². The van der Waals surface area contributed by atoms with E-state index in [4.69, 9.17) is 4.74 Å². The van der Waals surface area contributed by atoms with Crippen molar-refractivity contribution in [2.75, 3.05) is 18.5 Å². The fourth-order valence-corrected chi connectivity index (χ4v) is 3.47. The topological polar surface area (TPSA) is 9.23 Å². The average Bonchev–Trinajstić information content (AvgIpc) is 2.77. The molecular weight excluding hydrogens is 228 g/mol. The molecule has 2 rings (SSSR count). The molecule has 1 saturated heterocycles. The van der Waals surface area contributed by atoms with E-state index in [1.807, 2.05) is 0 Å². The van der Waals surface area contributed by atoms with Gasteiger partial charge >= 0.3 is 0 Å². The van der Waals surface area contributed by atoms with Crippen molar-refractivity contribution >= 4 is 15.9 Å². The van der Waals surface area contributed by atoms with Crippen LogP contribution < -0.4 is 0 Å². The Morgan fingerprint density at radius 1 is 1.31 bits per heavy atom. The van der Waals surface area contributed by atoms with Gasteiger partial charge in [-0.05, 0) is 18.8 Å². The Morgan fingerprint density at radius 2 is 2.08 bits per heavy atom. The summed E-state index contributed by atoms with van der Waals surface area (Å²) in [5.41, 5.74) is 0.495. The fourth-order valence-electron chi connectivity index (χ4n) is 2.80. The summed E-state index contributed by atoms with van der Waals surface area (Å²) in [5.74, 6) is 0.999. The zero-order valence-corrected chi connectivity index (χ0v) is 9.81. The minimum Gasteiger partial charge on any atom is -0.381 e. The Bertz CT molecular complexity index is 157. The molecule has 1 heterocycles. The molecule has 2 aliphatic rings. The maximum absolute atomic E-state index is 5.53. The number of rotatable bonds is 3. The van der Waals surface area contributed by atoms with Crippen molar-refractivity contribution in [2.24, 2.45) is 11.3 Å². The highest BCUT2D eigenvalue weighted by atomic mass is 79.9. The molecule has 1 unspecified atom stereocenters. The van der Waals surface area contributed by atoms with E-state index in [1.165, 1.54) is 38.5 Å². The van der Waals surface area contributed by atoms with E-state index in [0.29, 0.717) is 5.41 Å². The monoisotopic (exact) mass is 246 g/mol. The highest BCUT2D eigenvalue weighted by Crippen LogP contribution is 2.41. The third-order valence-corrected chi connectivity index (χ3v) is 4.85. The third-order valence-electron chi connectivity index (χ3n) is 3.66. The first kappa shape index (κ1) is 9.97. The van der Waals surface area contributed by atoms with E-state index in [2.05, 4.69) is 15.9 Å². The molecule has 0 spiro atoms. The van der Waals surface area contributed by atoms with E-state index in [9.17, 15) is 0 Å². The molecule has 1 aliphatic carbocycles. The molecule has 0 aromatic heterocycles. The van der Waals surface area contributed by atoms with Crippen LogP contribution in [0, 0.1) is 11.3 Å². The minimum absolute atomic E-state index is 0.495. The van der Waals surface area contributed by atoms with Crippen LogP contribution in [0.2, 0.25) is 0 Å². The van der Waals surface area contributed by atoms with Crippen molar-refractivity contribution in [3.05, 3.63) is 0 Å². The SMILES string of the molecule is BrCC1(CC2CCCC2)CCOC1. The van der Waals surface area contributed by atoms with Gasteiger partial charge in [-0.25, -0.2) is 0 Å². The van der Waals surface area contributed by atoms with Crippen molar-refractivity contribution < 1.29 is 4.74 Å². The first-order chi connectivity index (χ1) is 6.35. The highest BCUT2D eigenvalue weighted by Gasteiger charge is 2.36. The highest BCUT2D eigenvalue weighted by molar-refractivity contribution is 9.09. The maximum atomic E-state index is 5.53. The van der Waals surface area contributed by atoms with Gasteiger partial charge in [-0.2, -0.15) is 0 Å². The molecule has 0 bridgehead atoms. The zero-order valence-electron chi connectivity index (χ0n) is 8.23. The molecule has 0 amide bonds. The van der Waals surface area contributed by atoms with Crippen LogP contribution in [-0.2, 0) is 4.74 Å². The molecule has 1 saturated carbocycles. The molecule has 0 aromatic rings. The summed E-state index contributed by atoms with van der Waals surface area (Å²) in [6.45, 7) is 1.98. The first-order valence-electron chi connectivity index (χ1n) is 5.48. The summed E-state index contributed by atoms with van der Waals surface area (Å²) in [4.78, 5) is 0. The Hall–Kier alpha value is 0.440. The summed E-state index contributed by atoms with van der Waals surface area (Å²) in [6.07, 6.45) is 8.53. The van der Waals surface area contributed by atoms with Gasteiger partial charge in [0.2, 0.25) is 0 Å². The smallest absolute Gasteiger partial charge is 0.0531 e. The second-order valence-corrected chi connectivity index (χ2v) is 5.35. The van der Waals surface area contributed by atoms with Crippen LogP contribution in [0.5, 0.6) is 0 Å². The summed E-state index contributed by atoms with van der Waals surface area (Å²) in [5, 5.41) is 1.14. The normalized spacial score (nSPS) is 35.8. The van der Waals surface area contributed by atoms with Gasteiger partial charge in [-0.3, -0.25) is 0 Å². The molecule has 2 fully saturated rings. The second kappa shape index (κ2) is 4.31. The molecule has 13 heavy (non-hydrogen) atoms. The van der Waals surface area contributed by atoms with Gasteiger partial charge in [0.1, 0.15) is 0 Å². The molecule has 0 aromatic carbocycles. The lowest BCUT2D eigenvalue weighted by Crippen LogP contribution is -2.25. The summed E-state index contributed by atoms with van der Waals surface area (Å²) >= 11 is 3.66. The fraction of sp³-hybridized carbons (Fsp3) is 1.00. The molecule has 76 valence electrons. The summed E-state index contributed by atoms with van der Waals surface area (Å²) in [6, 6.07) is 0. The van der Waals surface area contributed by atoms with Gasteiger partial charge in [-0.15, -0.1) is 0 Å². The van der Waals surface area contributed by atoms with Crippen LogP contribution >= 0.6 is 15.9 Å². The Morgan fingerprint density at radius 3 is 2.62 bits per heavy atom. The third kappa shape index (κ3) is 2.27. The quantitative estimate of drug-likeness (QED) is 0.695. The molecule has 1 aliphatic heterocycles. The zero-order chi connectivity index (χ0) is 9.15. The summed E-state index contributed by atoms with van der Waals surface area (Å²) < 4.78 is 5.53. The standard InChI is InChI=1S/C11H19BrO/c12-8-11(5-6-13-9-11)7-10-3-1-2-4-10/h10H,1-9H2. The van der Waals surface area contributed by atoms with Crippen molar-refractivity contribution in [1.29, 1.82) is 0 Å². The van der Waals surface area contributed by atoms with E-state index >= 15 is 0 Å². The second-order valence-electron chi connectivity index (χ2n) is 4.79. The molecule has 2 heteroatoms. The minimum atomic E-state index is 0.495. The van der Waals surface area contributed by atoms with Crippen molar-refractivity contribution in [2.45, 2.75) is 38.5 Å². The maximum Gasteiger partial charge on any atom is 0.0531 e. The molecule has 0 N–H and O–H groups in total. The predicted molar refractivity (Wildman–Crippen MR) is 58.2 cm³/mol. The van der Waals surface area contributed by atoms with Crippen LogP contribution in [0.15, 0.2) is 0 Å². The van der Waals surface area contributed by atoms with Gasteiger partial charge < -0.3 is 4.74 Å². The van der Waals surface area contributed by atoms with Gasteiger partial charge in [0.05, 0.1) is 6.61 Å². The van der Waals surface area contributed by atoms with Gasteiger partial charge in [0.15, 0.2) is 0 Å². The van der Waals surface area contributed by atoms with Crippen LogP contribution in [0.25, 0.3) is 0 Å². The Kier molecular flexibility index (Phi) is 3.31. The molecular formula is C11H19BrO. The van der Waals surface area contributed by atoms with E-state index in [0.717, 1.165) is 24.5 Å². The lowest BCUT2D eigenvalue weighted by atomic mass is 9.80. The van der Waals surface area contributed by atoms with Crippen molar-refractivity contribution in [3.63, 3.8) is 0 Å². The van der Waals surface area contributed by atoms with E-state index < -0.39 is 0 Å². The largest absolute Gasteiger partial charge is 0.381 e. The first-order valence-corrected chi connectivity index (χ1v) is 6.61. The lowest BCUT2D eigenvalue weighted by Gasteiger charge is -2.27. The number of hydrogen-bond acceptors (Lipinski definition) is 1. The van der Waals surface area contributed by atoms with Crippen LogP contribution in [0.4, 0.5) is 0 Å². The summed E-state index contributed by atoms with van der Waals surface area (Å²) in [7, 11) is 0. The molecule has 1 atom stereocenters. The molecule has 0 radical (unpaired) electrons. The van der Waals surface area contributed by atoms with Crippen molar-refractivity contribution in [3.8, 4) is 0 Å². The number of ether oxygens (including phenoxy) is 1. The van der Waals surface area contributed by atoms with Crippen LogP contribution in [0.1, 0.15) is 38.5 Å². The van der Waals surface area contributed by atoms with Gasteiger partial charge in [0.25, 0.3) is 0 Å². The number of alkyl halides is 1. The van der Waals surface area contributed by atoms with Gasteiger partial charge in [0, 0.05) is 17.4 Å². The molecule has 1 nitrogen and oxygen atoms in total. The van der Waals surface area contributed by atoms with E-state index in [1.54, 1.807) is 0 Å². The number of halogens is 1. The average molecular weight is 247 g/mol. The Labute approximate surface area is 89.4 Å². The Balaban J connectivity index is 1.88.